The highest BCUT2D eigenvalue weighted by Gasteiger charge is 2.28. The standard InChI is InChI=1S/C13H10F3N3O3/c14-13(15,16)7-22-10-4-3-8(6-18-10)12(21)19-11-9(20)2-1-5-17-11/h1-6,20H,7H2,(H,17,19,21). The third kappa shape index (κ3) is 4.33. The van der Waals surface area contributed by atoms with Crippen LogP contribution in [0.3, 0.4) is 0 Å². The first-order valence-corrected chi connectivity index (χ1v) is 5.96. The van der Waals surface area contributed by atoms with Gasteiger partial charge in [-0.25, -0.2) is 9.97 Å². The van der Waals surface area contributed by atoms with Crippen molar-refractivity contribution in [3.8, 4) is 11.6 Å². The van der Waals surface area contributed by atoms with Gasteiger partial charge in [0.15, 0.2) is 18.2 Å². The maximum atomic E-state index is 12.0. The van der Waals surface area contributed by atoms with Crippen LogP contribution >= 0.6 is 0 Å². The topological polar surface area (TPSA) is 84.3 Å². The highest BCUT2D eigenvalue weighted by molar-refractivity contribution is 6.04. The number of alkyl halides is 3. The fourth-order valence-electron chi connectivity index (χ4n) is 1.43. The molecule has 0 saturated carbocycles. The number of anilines is 1. The van der Waals surface area contributed by atoms with Crippen molar-refractivity contribution in [2.45, 2.75) is 6.18 Å². The molecule has 22 heavy (non-hydrogen) atoms. The molecule has 0 aliphatic carbocycles. The number of pyridine rings is 2. The number of hydrogen-bond acceptors (Lipinski definition) is 5. The molecular weight excluding hydrogens is 303 g/mol. The van der Waals surface area contributed by atoms with E-state index in [-0.39, 0.29) is 23.0 Å². The van der Waals surface area contributed by atoms with E-state index in [9.17, 15) is 23.1 Å². The number of nitrogens with one attached hydrogen (secondary N) is 1. The maximum absolute atomic E-state index is 12.0. The first kappa shape index (κ1) is 15.5. The second-order valence-electron chi connectivity index (χ2n) is 4.11. The second kappa shape index (κ2) is 6.29. The lowest BCUT2D eigenvalue weighted by molar-refractivity contribution is -0.154. The molecule has 0 saturated heterocycles. The number of carbonyl (C=O) groups is 1. The Bertz CT molecular complexity index is 660. The molecule has 0 unspecified atom stereocenters. The Morgan fingerprint density at radius 1 is 1.27 bits per heavy atom. The minimum absolute atomic E-state index is 0.0371. The zero-order valence-corrected chi connectivity index (χ0v) is 11.0. The first-order chi connectivity index (χ1) is 10.3. The molecule has 2 aromatic heterocycles. The van der Waals surface area contributed by atoms with Gasteiger partial charge in [-0.1, -0.05) is 0 Å². The Hall–Kier alpha value is -2.84. The summed E-state index contributed by atoms with van der Waals surface area (Å²) >= 11 is 0. The van der Waals surface area contributed by atoms with Gasteiger partial charge in [0.2, 0.25) is 5.88 Å². The lowest BCUT2D eigenvalue weighted by atomic mass is 10.2. The molecule has 0 spiro atoms. The zero-order chi connectivity index (χ0) is 16.2. The van der Waals surface area contributed by atoms with Gasteiger partial charge in [-0.3, -0.25) is 4.79 Å². The van der Waals surface area contributed by atoms with Crippen molar-refractivity contribution in [3.05, 3.63) is 42.2 Å². The van der Waals surface area contributed by atoms with Gasteiger partial charge in [-0.15, -0.1) is 0 Å². The monoisotopic (exact) mass is 313 g/mol. The van der Waals surface area contributed by atoms with Crippen molar-refractivity contribution in [2.75, 3.05) is 11.9 Å². The van der Waals surface area contributed by atoms with Crippen LogP contribution in [0.15, 0.2) is 36.7 Å². The molecule has 0 radical (unpaired) electrons. The number of ether oxygens (including phenoxy) is 1. The van der Waals surface area contributed by atoms with Crippen LogP contribution in [0.25, 0.3) is 0 Å². The molecular formula is C13H10F3N3O3. The molecule has 0 atom stereocenters. The molecule has 0 bridgehead atoms. The van der Waals surface area contributed by atoms with Crippen LogP contribution in [-0.4, -0.2) is 33.8 Å². The van der Waals surface area contributed by atoms with Crippen molar-refractivity contribution in [2.24, 2.45) is 0 Å². The average Bonchev–Trinajstić information content (AvgIpc) is 2.47. The van der Waals surface area contributed by atoms with Gasteiger partial charge in [0.1, 0.15) is 0 Å². The van der Waals surface area contributed by atoms with Crippen molar-refractivity contribution in [3.63, 3.8) is 0 Å². The average molecular weight is 313 g/mol. The van der Waals surface area contributed by atoms with Crippen LogP contribution in [0, 0.1) is 0 Å². The van der Waals surface area contributed by atoms with Crippen LogP contribution in [-0.2, 0) is 0 Å². The summed E-state index contributed by atoms with van der Waals surface area (Å²) in [5, 5.41) is 11.8. The molecule has 116 valence electrons. The zero-order valence-electron chi connectivity index (χ0n) is 11.0. The quantitative estimate of drug-likeness (QED) is 0.905. The van der Waals surface area contributed by atoms with Crippen molar-refractivity contribution in [1.82, 2.24) is 9.97 Å². The van der Waals surface area contributed by atoms with E-state index in [1.807, 2.05) is 0 Å². The lowest BCUT2D eigenvalue weighted by Gasteiger charge is -2.09. The third-order valence-electron chi connectivity index (χ3n) is 2.40. The molecule has 0 fully saturated rings. The first-order valence-electron chi connectivity index (χ1n) is 5.96. The summed E-state index contributed by atoms with van der Waals surface area (Å²) in [5.74, 6) is -1.13. The van der Waals surface area contributed by atoms with Crippen LogP contribution in [0.2, 0.25) is 0 Å². The van der Waals surface area contributed by atoms with E-state index in [2.05, 4.69) is 20.0 Å². The SMILES string of the molecule is O=C(Nc1ncccc1O)c1ccc(OCC(F)(F)F)nc1. The Labute approximate surface area is 122 Å². The highest BCUT2D eigenvalue weighted by Crippen LogP contribution is 2.20. The van der Waals surface area contributed by atoms with Crippen LogP contribution < -0.4 is 10.1 Å². The molecule has 2 aromatic rings. The molecule has 9 heteroatoms. The maximum Gasteiger partial charge on any atom is 0.422 e. The molecule has 6 nitrogen and oxygen atoms in total. The smallest absolute Gasteiger partial charge is 0.422 e. The van der Waals surface area contributed by atoms with E-state index in [0.717, 1.165) is 12.3 Å². The van der Waals surface area contributed by atoms with Crippen LogP contribution in [0.1, 0.15) is 10.4 Å². The van der Waals surface area contributed by atoms with Crippen molar-refractivity contribution >= 4 is 11.7 Å². The van der Waals surface area contributed by atoms with E-state index in [0.29, 0.717) is 0 Å². The number of amides is 1. The number of aromatic hydroxyl groups is 1. The molecule has 2 heterocycles. The van der Waals surface area contributed by atoms with Crippen molar-refractivity contribution in [1.29, 1.82) is 0 Å². The lowest BCUT2D eigenvalue weighted by Crippen LogP contribution is -2.19. The van der Waals surface area contributed by atoms with E-state index < -0.39 is 18.7 Å². The van der Waals surface area contributed by atoms with Gasteiger partial charge in [-0.2, -0.15) is 13.2 Å². The Balaban J connectivity index is 2.01. The number of halogens is 3. The van der Waals surface area contributed by atoms with E-state index in [1.54, 1.807) is 0 Å². The Morgan fingerprint density at radius 2 is 2.05 bits per heavy atom. The summed E-state index contributed by atoms with van der Waals surface area (Å²) < 4.78 is 40.4. The van der Waals surface area contributed by atoms with E-state index >= 15 is 0 Å². The van der Waals surface area contributed by atoms with Gasteiger partial charge in [0.05, 0.1) is 5.56 Å². The van der Waals surface area contributed by atoms with E-state index in [1.165, 1.54) is 24.4 Å². The second-order valence-corrected chi connectivity index (χ2v) is 4.11. The van der Waals surface area contributed by atoms with E-state index in [4.69, 9.17) is 0 Å². The molecule has 2 N–H and O–H groups in total. The fraction of sp³-hybridized carbons (Fsp3) is 0.154. The summed E-state index contributed by atoms with van der Waals surface area (Å²) in [6.07, 6.45) is -2.03. The molecule has 1 amide bonds. The van der Waals surface area contributed by atoms with Crippen LogP contribution in [0.4, 0.5) is 19.0 Å². The molecule has 0 aliphatic rings. The number of rotatable bonds is 4. The summed E-state index contributed by atoms with van der Waals surface area (Å²) in [7, 11) is 0. The largest absolute Gasteiger partial charge is 0.504 e. The Kier molecular flexibility index (Phi) is 4.44. The number of carbonyl (C=O) groups excluding carboxylic acids is 1. The van der Waals surface area contributed by atoms with Crippen LogP contribution in [0.5, 0.6) is 11.6 Å². The number of hydrogen-bond donors (Lipinski definition) is 2. The van der Waals surface area contributed by atoms with Crippen molar-refractivity contribution < 1.29 is 27.8 Å². The molecule has 0 aromatic carbocycles. The summed E-state index contributed by atoms with van der Waals surface area (Å²) in [6.45, 7) is -1.46. The molecule has 0 aliphatic heterocycles. The van der Waals surface area contributed by atoms with Gasteiger partial charge >= 0.3 is 6.18 Å². The predicted octanol–water partition coefficient (Wildman–Crippen LogP) is 2.38. The minimum Gasteiger partial charge on any atom is -0.504 e. The summed E-state index contributed by atoms with van der Waals surface area (Å²) in [5.41, 5.74) is 0.0735. The highest BCUT2D eigenvalue weighted by atomic mass is 19.4. The van der Waals surface area contributed by atoms with Gasteiger partial charge in [-0.05, 0) is 18.2 Å². The number of nitrogens with zero attached hydrogens (tertiary/aromatic N) is 2. The normalized spacial score (nSPS) is 11.0. The number of aromatic nitrogens is 2. The molecule has 2 rings (SSSR count). The van der Waals surface area contributed by atoms with Gasteiger partial charge < -0.3 is 15.2 Å². The van der Waals surface area contributed by atoms with Gasteiger partial charge in [0, 0.05) is 18.5 Å². The minimum atomic E-state index is -4.46. The van der Waals surface area contributed by atoms with Gasteiger partial charge in [0.25, 0.3) is 5.91 Å². The third-order valence-corrected chi connectivity index (χ3v) is 2.40. The predicted molar refractivity (Wildman–Crippen MR) is 69.6 cm³/mol. The fourth-order valence-corrected chi connectivity index (χ4v) is 1.43. The Morgan fingerprint density at radius 3 is 2.64 bits per heavy atom. The summed E-state index contributed by atoms with van der Waals surface area (Å²) in [6, 6.07) is 5.21. The summed E-state index contributed by atoms with van der Waals surface area (Å²) in [4.78, 5) is 19.2.